The van der Waals surface area contributed by atoms with Gasteiger partial charge in [0, 0.05) is 23.1 Å². The van der Waals surface area contributed by atoms with Crippen LogP contribution in [-0.4, -0.2) is 20.1 Å². The minimum absolute atomic E-state index is 0.0566. The summed E-state index contributed by atoms with van der Waals surface area (Å²) in [7, 11) is 0. The Balaban J connectivity index is 1.92. The van der Waals surface area contributed by atoms with E-state index in [1.807, 2.05) is 6.07 Å². The fraction of sp³-hybridized carbons (Fsp3) is 0.0769. The highest BCUT2D eigenvalue weighted by Gasteiger charge is 2.11. The summed E-state index contributed by atoms with van der Waals surface area (Å²) < 4.78 is 5.64. The minimum atomic E-state index is -0.486. The molecule has 1 N–H and O–H groups in total. The lowest BCUT2D eigenvalue weighted by atomic mass is 10.2. The van der Waals surface area contributed by atoms with E-state index in [4.69, 9.17) is 4.74 Å². The third kappa shape index (κ3) is 2.16. The van der Waals surface area contributed by atoms with Crippen LogP contribution in [0.3, 0.4) is 0 Å². The smallest absolute Gasteiger partial charge is 0.288 e. The summed E-state index contributed by atoms with van der Waals surface area (Å²) in [5.41, 5.74) is 1.39. The molecule has 0 unspecified atom stereocenters. The van der Waals surface area contributed by atoms with Crippen LogP contribution in [-0.2, 0) is 0 Å². The van der Waals surface area contributed by atoms with E-state index in [0.717, 1.165) is 10.9 Å². The third-order valence-electron chi connectivity index (χ3n) is 2.85. The van der Waals surface area contributed by atoms with Gasteiger partial charge in [-0.05, 0) is 19.1 Å². The number of nitrogens with one attached hydrogen (secondary N) is 1. The molecule has 0 aliphatic heterocycles. The van der Waals surface area contributed by atoms with Gasteiger partial charge in [0.2, 0.25) is 5.88 Å². The standard InChI is InChI=1S/C13H10N4O3/c1-8-4-10(17(18)19)7-14-13(8)20-11-3-2-9-6-15-16-12(9)5-11/h2-7H,1H3,(H,15,16). The zero-order chi connectivity index (χ0) is 14.1. The molecule has 100 valence electrons. The largest absolute Gasteiger partial charge is 0.439 e. The summed E-state index contributed by atoms with van der Waals surface area (Å²) in [4.78, 5) is 14.1. The molecule has 20 heavy (non-hydrogen) atoms. The van der Waals surface area contributed by atoms with Gasteiger partial charge in [-0.3, -0.25) is 15.2 Å². The number of rotatable bonds is 3. The molecule has 2 aromatic heterocycles. The first-order chi connectivity index (χ1) is 9.63. The number of aromatic nitrogens is 3. The highest BCUT2D eigenvalue weighted by Crippen LogP contribution is 2.27. The first-order valence-corrected chi connectivity index (χ1v) is 5.85. The average Bonchev–Trinajstić information content (AvgIpc) is 2.88. The molecule has 0 amide bonds. The quantitative estimate of drug-likeness (QED) is 0.583. The van der Waals surface area contributed by atoms with Gasteiger partial charge in [-0.1, -0.05) is 0 Å². The van der Waals surface area contributed by atoms with Crippen molar-refractivity contribution in [3.63, 3.8) is 0 Å². The van der Waals surface area contributed by atoms with Gasteiger partial charge in [-0.25, -0.2) is 4.98 Å². The first-order valence-electron chi connectivity index (χ1n) is 5.85. The molecule has 2 heterocycles. The van der Waals surface area contributed by atoms with Crippen molar-refractivity contribution in [3.05, 3.63) is 52.3 Å². The van der Waals surface area contributed by atoms with Crippen molar-refractivity contribution in [1.29, 1.82) is 0 Å². The highest BCUT2D eigenvalue weighted by molar-refractivity contribution is 5.79. The van der Waals surface area contributed by atoms with Crippen LogP contribution in [0.15, 0.2) is 36.7 Å². The normalized spacial score (nSPS) is 10.7. The van der Waals surface area contributed by atoms with E-state index in [1.54, 1.807) is 25.3 Å². The number of ether oxygens (including phenoxy) is 1. The van der Waals surface area contributed by atoms with Gasteiger partial charge >= 0.3 is 0 Å². The molecule has 7 nitrogen and oxygen atoms in total. The number of nitrogens with zero attached hydrogens (tertiary/aromatic N) is 3. The number of fused-ring (bicyclic) bond motifs is 1. The summed E-state index contributed by atoms with van der Waals surface area (Å²) in [6.45, 7) is 1.71. The van der Waals surface area contributed by atoms with Gasteiger partial charge in [0.25, 0.3) is 5.69 Å². The van der Waals surface area contributed by atoms with Gasteiger partial charge in [-0.15, -0.1) is 0 Å². The van der Waals surface area contributed by atoms with E-state index in [9.17, 15) is 10.1 Å². The Bertz CT molecular complexity index is 797. The van der Waals surface area contributed by atoms with Crippen LogP contribution >= 0.6 is 0 Å². The Morgan fingerprint density at radius 3 is 2.90 bits per heavy atom. The number of nitro groups is 1. The molecule has 0 aliphatic rings. The Morgan fingerprint density at radius 1 is 1.30 bits per heavy atom. The molecule has 0 atom stereocenters. The number of aryl methyl sites for hydroxylation is 1. The van der Waals surface area contributed by atoms with E-state index in [0.29, 0.717) is 17.2 Å². The SMILES string of the molecule is Cc1cc([N+](=O)[O-])cnc1Oc1ccc2cn[nH]c2c1. The van der Waals surface area contributed by atoms with Gasteiger partial charge < -0.3 is 4.74 Å². The van der Waals surface area contributed by atoms with Gasteiger partial charge in [0.05, 0.1) is 16.6 Å². The topological polar surface area (TPSA) is 93.9 Å². The van der Waals surface area contributed by atoms with Crippen LogP contribution in [0.4, 0.5) is 5.69 Å². The van der Waals surface area contributed by atoms with Crippen LogP contribution in [0.5, 0.6) is 11.6 Å². The van der Waals surface area contributed by atoms with E-state index in [-0.39, 0.29) is 5.69 Å². The van der Waals surface area contributed by atoms with Crippen molar-refractivity contribution in [3.8, 4) is 11.6 Å². The number of H-pyrrole nitrogens is 1. The molecule has 1 aromatic carbocycles. The molecule has 0 saturated heterocycles. The van der Waals surface area contributed by atoms with E-state index in [2.05, 4.69) is 15.2 Å². The zero-order valence-corrected chi connectivity index (χ0v) is 10.5. The molecule has 0 aliphatic carbocycles. The zero-order valence-electron chi connectivity index (χ0n) is 10.5. The molecule has 7 heteroatoms. The van der Waals surface area contributed by atoms with Crippen molar-refractivity contribution in [2.24, 2.45) is 0 Å². The van der Waals surface area contributed by atoms with Crippen molar-refractivity contribution in [2.75, 3.05) is 0 Å². The number of hydrogen-bond acceptors (Lipinski definition) is 5. The van der Waals surface area contributed by atoms with E-state index >= 15 is 0 Å². The van der Waals surface area contributed by atoms with Gasteiger partial charge in [0.15, 0.2) is 0 Å². The number of aromatic amines is 1. The van der Waals surface area contributed by atoms with E-state index in [1.165, 1.54) is 12.3 Å². The molecule has 0 radical (unpaired) electrons. The van der Waals surface area contributed by atoms with Crippen LogP contribution in [0.2, 0.25) is 0 Å². The van der Waals surface area contributed by atoms with Crippen LogP contribution in [0.25, 0.3) is 10.9 Å². The second-order valence-electron chi connectivity index (χ2n) is 4.29. The lowest BCUT2D eigenvalue weighted by Gasteiger charge is -2.07. The maximum Gasteiger partial charge on any atom is 0.288 e. The Morgan fingerprint density at radius 2 is 2.15 bits per heavy atom. The average molecular weight is 270 g/mol. The maximum absolute atomic E-state index is 10.7. The monoisotopic (exact) mass is 270 g/mol. The Hall–Kier alpha value is -2.96. The Labute approximate surface area is 113 Å². The predicted molar refractivity (Wildman–Crippen MR) is 71.8 cm³/mol. The fourth-order valence-electron chi connectivity index (χ4n) is 1.85. The summed E-state index contributed by atoms with van der Waals surface area (Å²) >= 11 is 0. The van der Waals surface area contributed by atoms with Crippen molar-refractivity contribution >= 4 is 16.6 Å². The van der Waals surface area contributed by atoms with Crippen molar-refractivity contribution in [2.45, 2.75) is 6.92 Å². The molecule has 0 spiro atoms. The molecular formula is C13H10N4O3. The fourth-order valence-corrected chi connectivity index (χ4v) is 1.85. The van der Waals surface area contributed by atoms with Crippen LogP contribution in [0, 0.1) is 17.0 Å². The van der Waals surface area contributed by atoms with Crippen molar-refractivity contribution < 1.29 is 9.66 Å². The predicted octanol–water partition coefficient (Wildman–Crippen LogP) is 2.97. The molecular weight excluding hydrogens is 260 g/mol. The molecule has 3 rings (SSSR count). The number of benzene rings is 1. The van der Waals surface area contributed by atoms with Crippen LogP contribution < -0.4 is 4.74 Å². The summed E-state index contributed by atoms with van der Waals surface area (Å²) in [6, 6.07) is 6.89. The molecule has 0 bridgehead atoms. The summed E-state index contributed by atoms with van der Waals surface area (Å²) in [5, 5.41) is 18.4. The molecule has 0 saturated carbocycles. The lowest BCUT2D eigenvalue weighted by molar-refractivity contribution is -0.385. The number of pyridine rings is 1. The molecule has 3 aromatic rings. The molecule has 0 fully saturated rings. The second-order valence-corrected chi connectivity index (χ2v) is 4.29. The number of hydrogen-bond donors (Lipinski definition) is 1. The first kappa shape index (κ1) is 12.1. The highest BCUT2D eigenvalue weighted by atomic mass is 16.6. The van der Waals surface area contributed by atoms with E-state index < -0.39 is 4.92 Å². The third-order valence-corrected chi connectivity index (χ3v) is 2.85. The maximum atomic E-state index is 10.7. The summed E-state index contributed by atoms with van der Waals surface area (Å²) in [5.74, 6) is 0.931. The van der Waals surface area contributed by atoms with Crippen molar-refractivity contribution in [1.82, 2.24) is 15.2 Å². The minimum Gasteiger partial charge on any atom is -0.439 e. The van der Waals surface area contributed by atoms with Gasteiger partial charge in [0.1, 0.15) is 11.9 Å². The summed E-state index contributed by atoms with van der Waals surface area (Å²) in [6.07, 6.45) is 2.89. The lowest BCUT2D eigenvalue weighted by Crippen LogP contribution is -1.94. The van der Waals surface area contributed by atoms with Crippen LogP contribution in [0.1, 0.15) is 5.56 Å². The Kier molecular flexibility index (Phi) is 2.79. The van der Waals surface area contributed by atoms with Gasteiger partial charge in [-0.2, -0.15) is 5.10 Å². The second kappa shape index (κ2) is 4.61.